The lowest BCUT2D eigenvalue weighted by Crippen LogP contribution is -2.46. The van der Waals surface area contributed by atoms with E-state index in [0.29, 0.717) is 12.1 Å². The molecular formula is C17H17ClN6. The van der Waals surface area contributed by atoms with Gasteiger partial charge in [-0.25, -0.2) is 4.98 Å². The maximum Gasteiger partial charge on any atom is 0.203 e. The number of aromatic nitrogens is 4. The Labute approximate surface area is 144 Å². The maximum absolute atomic E-state index is 6.32. The fourth-order valence-electron chi connectivity index (χ4n) is 4.00. The van der Waals surface area contributed by atoms with Crippen molar-refractivity contribution in [1.29, 1.82) is 0 Å². The molecule has 2 aliphatic heterocycles. The minimum absolute atomic E-state index is 0.480. The molecule has 0 radical (unpaired) electrons. The number of halogens is 1. The van der Waals surface area contributed by atoms with Crippen LogP contribution in [0.5, 0.6) is 0 Å². The summed E-state index contributed by atoms with van der Waals surface area (Å²) in [4.78, 5) is 9.49. The molecule has 7 heteroatoms. The quantitative estimate of drug-likeness (QED) is 0.732. The molecular weight excluding hydrogens is 324 g/mol. The van der Waals surface area contributed by atoms with E-state index in [4.69, 9.17) is 11.6 Å². The first-order valence-corrected chi connectivity index (χ1v) is 8.56. The van der Waals surface area contributed by atoms with E-state index in [2.05, 4.69) is 37.1 Å². The van der Waals surface area contributed by atoms with Gasteiger partial charge in [-0.2, -0.15) is 0 Å². The molecule has 2 aromatic heterocycles. The molecule has 5 rings (SSSR count). The number of hydrogen-bond donors (Lipinski definition) is 0. The predicted molar refractivity (Wildman–Crippen MR) is 92.2 cm³/mol. The van der Waals surface area contributed by atoms with E-state index in [1.54, 1.807) is 6.33 Å². The van der Waals surface area contributed by atoms with E-state index in [-0.39, 0.29) is 0 Å². The minimum Gasteiger partial charge on any atom is -0.348 e. The van der Waals surface area contributed by atoms with Crippen molar-refractivity contribution in [2.45, 2.75) is 25.0 Å². The van der Waals surface area contributed by atoms with Gasteiger partial charge in [0.1, 0.15) is 6.33 Å². The highest BCUT2D eigenvalue weighted by Gasteiger charge is 2.44. The molecule has 2 saturated heterocycles. The number of rotatable bonds is 3. The van der Waals surface area contributed by atoms with E-state index in [9.17, 15) is 0 Å². The van der Waals surface area contributed by atoms with Crippen molar-refractivity contribution in [3.63, 3.8) is 0 Å². The van der Waals surface area contributed by atoms with Gasteiger partial charge in [0.05, 0.1) is 0 Å². The lowest BCUT2D eigenvalue weighted by Gasteiger charge is -2.35. The number of hydrogen-bond acceptors (Lipinski definition) is 5. The number of fused-ring (bicyclic) bond motifs is 3. The van der Waals surface area contributed by atoms with Crippen LogP contribution in [0.4, 0.5) is 5.82 Å². The highest BCUT2D eigenvalue weighted by molar-refractivity contribution is 6.31. The van der Waals surface area contributed by atoms with E-state index < -0.39 is 0 Å². The lowest BCUT2D eigenvalue weighted by molar-refractivity contribution is 0.230. The Balaban J connectivity index is 1.37. The van der Waals surface area contributed by atoms with Crippen molar-refractivity contribution in [2.75, 3.05) is 18.0 Å². The largest absolute Gasteiger partial charge is 0.348 e. The summed E-state index contributed by atoms with van der Waals surface area (Å²) in [6.07, 6.45) is 6.59. The molecule has 0 spiro atoms. The molecule has 2 unspecified atom stereocenters. The smallest absolute Gasteiger partial charge is 0.203 e. The number of piperazine rings is 1. The first-order chi connectivity index (χ1) is 11.8. The van der Waals surface area contributed by atoms with Gasteiger partial charge in [0, 0.05) is 49.1 Å². The van der Waals surface area contributed by atoms with E-state index in [0.717, 1.165) is 36.1 Å². The summed E-state index contributed by atoms with van der Waals surface area (Å²) < 4.78 is 1.93. The zero-order valence-corrected chi connectivity index (χ0v) is 13.8. The summed E-state index contributed by atoms with van der Waals surface area (Å²) >= 11 is 6.32. The third-order valence-electron chi connectivity index (χ3n) is 5.15. The van der Waals surface area contributed by atoms with Gasteiger partial charge in [0.2, 0.25) is 5.65 Å². The lowest BCUT2D eigenvalue weighted by atomic mass is 10.2. The van der Waals surface area contributed by atoms with Gasteiger partial charge in [0.25, 0.3) is 0 Å². The zero-order chi connectivity index (χ0) is 16.1. The number of anilines is 1. The molecule has 2 bridgehead atoms. The van der Waals surface area contributed by atoms with Gasteiger partial charge >= 0.3 is 0 Å². The van der Waals surface area contributed by atoms with Crippen molar-refractivity contribution in [2.24, 2.45) is 0 Å². The first-order valence-electron chi connectivity index (χ1n) is 8.18. The van der Waals surface area contributed by atoms with Crippen LogP contribution in [0.15, 0.2) is 43.0 Å². The first kappa shape index (κ1) is 14.2. The fourth-order valence-corrected chi connectivity index (χ4v) is 4.19. The number of nitrogens with zero attached hydrogens (tertiary/aromatic N) is 6. The molecule has 2 atom stereocenters. The van der Waals surface area contributed by atoms with Crippen molar-refractivity contribution in [3.8, 4) is 0 Å². The fraction of sp³-hybridized carbons (Fsp3) is 0.353. The summed E-state index contributed by atoms with van der Waals surface area (Å²) in [6.45, 7) is 2.93. The Morgan fingerprint density at radius 2 is 2.08 bits per heavy atom. The molecule has 0 N–H and O–H groups in total. The summed E-state index contributed by atoms with van der Waals surface area (Å²) in [7, 11) is 0. The molecule has 0 amide bonds. The van der Waals surface area contributed by atoms with Crippen LogP contribution in [-0.4, -0.2) is 49.7 Å². The number of likely N-dealkylation sites (tertiary alicyclic amines) is 1. The standard InChI is InChI=1S/C17H17ClN6/c18-15-4-2-1-3-12(15)8-23-9-14-7-13(23)10-24(14)16-17-21-20-11-22(17)6-5-19-16/h1-6,11,13-14H,7-10H2. The van der Waals surface area contributed by atoms with Gasteiger partial charge < -0.3 is 4.90 Å². The normalized spacial score (nSPS) is 23.5. The average Bonchev–Trinajstić information content (AvgIpc) is 3.31. The van der Waals surface area contributed by atoms with Crippen LogP contribution in [-0.2, 0) is 6.54 Å². The van der Waals surface area contributed by atoms with Crippen molar-refractivity contribution in [3.05, 3.63) is 53.6 Å². The van der Waals surface area contributed by atoms with Gasteiger partial charge in [-0.15, -0.1) is 10.2 Å². The SMILES string of the molecule is Clc1ccccc1CN1CC2CC1CN2c1nccn2cnnc12. The zero-order valence-electron chi connectivity index (χ0n) is 13.1. The Morgan fingerprint density at radius 1 is 1.17 bits per heavy atom. The van der Waals surface area contributed by atoms with Crippen LogP contribution >= 0.6 is 11.6 Å². The predicted octanol–water partition coefficient (Wildman–Crippen LogP) is 2.24. The average molecular weight is 341 g/mol. The molecule has 122 valence electrons. The molecule has 3 aromatic rings. The second kappa shape index (κ2) is 5.43. The molecule has 4 heterocycles. The Hall–Kier alpha value is -2.18. The Bertz CT molecular complexity index is 893. The third-order valence-corrected chi connectivity index (χ3v) is 5.52. The van der Waals surface area contributed by atoms with Gasteiger partial charge in [-0.1, -0.05) is 29.8 Å². The molecule has 0 aliphatic carbocycles. The summed E-state index contributed by atoms with van der Waals surface area (Å²) in [6, 6.07) is 9.13. The molecule has 6 nitrogen and oxygen atoms in total. The highest BCUT2D eigenvalue weighted by atomic mass is 35.5. The minimum atomic E-state index is 0.480. The van der Waals surface area contributed by atoms with Crippen LogP contribution < -0.4 is 4.90 Å². The molecule has 2 aliphatic rings. The molecule has 0 saturated carbocycles. The monoisotopic (exact) mass is 340 g/mol. The number of benzene rings is 1. The second-order valence-corrected chi connectivity index (χ2v) is 6.94. The summed E-state index contributed by atoms with van der Waals surface area (Å²) in [5, 5.41) is 9.07. The van der Waals surface area contributed by atoms with Crippen LogP contribution in [0.2, 0.25) is 5.02 Å². The molecule has 24 heavy (non-hydrogen) atoms. The van der Waals surface area contributed by atoms with E-state index in [1.165, 1.54) is 12.0 Å². The van der Waals surface area contributed by atoms with Crippen molar-refractivity contribution in [1.82, 2.24) is 24.5 Å². The van der Waals surface area contributed by atoms with Gasteiger partial charge in [0.15, 0.2) is 5.82 Å². The van der Waals surface area contributed by atoms with Crippen LogP contribution in [0.1, 0.15) is 12.0 Å². The Morgan fingerprint density at radius 3 is 2.92 bits per heavy atom. The van der Waals surface area contributed by atoms with Crippen LogP contribution in [0.3, 0.4) is 0 Å². The highest BCUT2D eigenvalue weighted by Crippen LogP contribution is 2.36. The maximum atomic E-state index is 6.32. The molecule has 1 aromatic carbocycles. The van der Waals surface area contributed by atoms with E-state index in [1.807, 2.05) is 28.9 Å². The van der Waals surface area contributed by atoms with E-state index >= 15 is 0 Å². The van der Waals surface area contributed by atoms with Gasteiger partial charge in [-0.05, 0) is 18.1 Å². The summed E-state index contributed by atoms with van der Waals surface area (Å²) in [5.41, 5.74) is 2.04. The summed E-state index contributed by atoms with van der Waals surface area (Å²) in [5.74, 6) is 0.944. The van der Waals surface area contributed by atoms with Crippen LogP contribution in [0, 0.1) is 0 Å². The molecule has 2 fully saturated rings. The second-order valence-electron chi connectivity index (χ2n) is 6.53. The van der Waals surface area contributed by atoms with Gasteiger partial charge in [-0.3, -0.25) is 9.30 Å². The third kappa shape index (κ3) is 2.17. The Kier molecular flexibility index (Phi) is 3.21. The van der Waals surface area contributed by atoms with Crippen molar-refractivity contribution < 1.29 is 0 Å². The van der Waals surface area contributed by atoms with Crippen molar-refractivity contribution >= 4 is 23.1 Å². The van der Waals surface area contributed by atoms with Crippen LogP contribution in [0.25, 0.3) is 5.65 Å². The topological polar surface area (TPSA) is 49.6 Å².